The van der Waals surface area contributed by atoms with E-state index in [0.717, 1.165) is 0 Å². The maximum absolute atomic E-state index is 11.1. The van der Waals surface area contributed by atoms with Crippen LogP contribution >= 0.6 is 0 Å². The number of hydrogen-bond acceptors (Lipinski definition) is 3. The molecular weight excluding hydrogens is 184 g/mol. The third kappa shape index (κ3) is 4.61. The minimum atomic E-state index is -1.09. The van der Waals surface area contributed by atoms with Crippen LogP contribution in [0.4, 0.5) is 0 Å². The summed E-state index contributed by atoms with van der Waals surface area (Å²) in [5.74, 6) is -1.24. The molecule has 14 heavy (non-hydrogen) atoms. The van der Waals surface area contributed by atoms with Crippen molar-refractivity contribution in [2.75, 3.05) is 13.1 Å². The Bertz CT molecular complexity index is 236. The number of carbonyl (C=O) groups excluding carboxylic acids is 1. The average molecular weight is 200 g/mol. The molecule has 0 heterocycles. The van der Waals surface area contributed by atoms with Crippen LogP contribution in [0.5, 0.6) is 0 Å². The summed E-state index contributed by atoms with van der Waals surface area (Å²) in [5, 5.41) is 13.9. The molecule has 80 valence electrons. The fourth-order valence-corrected chi connectivity index (χ4v) is 0.625. The third-order valence-electron chi connectivity index (χ3n) is 1.67. The smallest absolute Gasteiger partial charge is 0.323 e. The molecule has 0 saturated heterocycles. The summed E-state index contributed by atoms with van der Waals surface area (Å²) in [5.41, 5.74) is -1.09. The van der Waals surface area contributed by atoms with E-state index < -0.39 is 11.5 Å². The standard InChI is InChI=1S/C9H16N2O3/c1-4-5-10-7(12)6-11-9(2,3)8(13)14/h4,11H,1,5-6H2,2-3H3,(H,10,12)(H,13,14). The molecule has 0 fully saturated rings. The molecule has 0 aliphatic carbocycles. The first-order chi connectivity index (χ1) is 6.40. The van der Waals surface area contributed by atoms with Gasteiger partial charge in [-0.3, -0.25) is 14.9 Å². The molecule has 0 bridgehead atoms. The number of aliphatic carboxylic acids is 1. The number of hydrogen-bond donors (Lipinski definition) is 3. The molecule has 0 atom stereocenters. The van der Waals surface area contributed by atoms with E-state index in [1.165, 1.54) is 13.8 Å². The van der Waals surface area contributed by atoms with Crippen LogP contribution < -0.4 is 10.6 Å². The number of amides is 1. The number of nitrogens with one attached hydrogen (secondary N) is 2. The van der Waals surface area contributed by atoms with Crippen LogP contribution in [0, 0.1) is 0 Å². The Morgan fingerprint density at radius 2 is 2.07 bits per heavy atom. The van der Waals surface area contributed by atoms with Gasteiger partial charge in [-0.1, -0.05) is 6.08 Å². The number of carboxylic acid groups (broad SMARTS) is 1. The summed E-state index contributed by atoms with van der Waals surface area (Å²) in [7, 11) is 0. The zero-order valence-electron chi connectivity index (χ0n) is 8.46. The zero-order valence-corrected chi connectivity index (χ0v) is 8.46. The number of rotatable bonds is 6. The molecular formula is C9H16N2O3. The Kier molecular flexibility index (Phi) is 4.86. The summed E-state index contributed by atoms with van der Waals surface area (Å²) in [6, 6.07) is 0. The Hall–Kier alpha value is -1.36. The van der Waals surface area contributed by atoms with E-state index in [1.807, 2.05) is 0 Å². The lowest BCUT2D eigenvalue weighted by molar-refractivity contribution is -0.143. The summed E-state index contributed by atoms with van der Waals surface area (Å²) in [6.45, 7) is 6.80. The topological polar surface area (TPSA) is 78.4 Å². The molecule has 0 unspecified atom stereocenters. The Labute approximate surface area is 83.2 Å². The van der Waals surface area contributed by atoms with Gasteiger partial charge in [0.2, 0.25) is 5.91 Å². The predicted octanol–water partition coefficient (Wildman–Crippen LogP) is -0.259. The largest absolute Gasteiger partial charge is 0.480 e. The van der Waals surface area contributed by atoms with Crippen LogP contribution in [0.2, 0.25) is 0 Å². The molecule has 3 N–H and O–H groups in total. The first-order valence-electron chi connectivity index (χ1n) is 4.26. The van der Waals surface area contributed by atoms with Crippen LogP contribution in [0.25, 0.3) is 0 Å². The molecule has 0 aliphatic heterocycles. The van der Waals surface area contributed by atoms with Crippen LogP contribution in [-0.2, 0) is 9.59 Å². The monoisotopic (exact) mass is 200 g/mol. The molecule has 0 saturated carbocycles. The van der Waals surface area contributed by atoms with Gasteiger partial charge < -0.3 is 10.4 Å². The van der Waals surface area contributed by atoms with E-state index in [9.17, 15) is 9.59 Å². The fourth-order valence-electron chi connectivity index (χ4n) is 0.625. The Balaban J connectivity index is 3.87. The quantitative estimate of drug-likeness (QED) is 0.516. The molecule has 0 spiro atoms. The highest BCUT2D eigenvalue weighted by Gasteiger charge is 2.26. The van der Waals surface area contributed by atoms with Crippen molar-refractivity contribution in [1.29, 1.82) is 0 Å². The van der Waals surface area contributed by atoms with Crippen molar-refractivity contribution in [3.05, 3.63) is 12.7 Å². The lowest BCUT2D eigenvalue weighted by Crippen LogP contribution is -2.50. The lowest BCUT2D eigenvalue weighted by atomic mass is 10.1. The second-order valence-corrected chi connectivity index (χ2v) is 3.38. The van der Waals surface area contributed by atoms with Crippen molar-refractivity contribution in [1.82, 2.24) is 10.6 Å². The second kappa shape index (κ2) is 5.39. The Morgan fingerprint density at radius 3 is 2.50 bits per heavy atom. The molecule has 5 heteroatoms. The first-order valence-corrected chi connectivity index (χ1v) is 4.26. The van der Waals surface area contributed by atoms with Gasteiger partial charge >= 0.3 is 5.97 Å². The molecule has 0 aromatic rings. The maximum Gasteiger partial charge on any atom is 0.323 e. The predicted molar refractivity (Wildman–Crippen MR) is 52.9 cm³/mol. The normalized spacial score (nSPS) is 10.7. The summed E-state index contributed by atoms with van der Waals surface area (Å²) in [4.78, 5) is 21.7. The highest BCUT2D eigenvalue weighted by Crippen LogP contribution is 2.00. The van der Waals surface area contributed by atoms with Gasteiger partial charge in [-0.05, 0) is 13.8 Å². The summed E-state index contributed by atoms with van der Waals surface area (Å²) >= 11 is 0. The van der Waals surface area contributed by atoms with Gasteiger partial charge in [-0.25, -0.2) is 0 Å². The van der Waals surface area contributed by atoms with Gasteiger partial charge in [0.05, 0.1) is 6.54 Å². The van der Waals surface area contributed by atoms with Gasteiger partial charge in [0, 0.05) is 6.54 Å². The minimum absolute atomic E-state index is 0.0207. The summed E-state index contributed by atoms with van der Waals surface area (Å²) < 4.78 is 0. The first kappa shape index (κ1) is 12.6. The molecule has 0 aromatic heterocycles. The summed E-state index contributed by atoms with van der Waals surface area (Å²) in [6.07, 6.45) is 1.56. The molecule has 0 radical (unpaired) electrons. The van der Waals surface area contributed by atoms with Gasteiger partial charge in [0.15, 0.2) is 0 Å². The van der Waals surface area contributed by atoms with Crippen molar-refractivity contribution in [3.8, 4) is 0 Å². The van der Waals surface area contributed by atoms with Gasteiger partial charge in [0.25, 0.3) is 0 Å². The molecule has 0 rings (SSSR count). The van der Waals surface area contributed by atoms with E-state index in [1.54, 1.807) is 6.08 Å². The minimum Gasteiger partial charge on any atom is -0.480 e. The van der Waals surface area contributed by atoms with Crippen LogP contribution in [0.3, 0.4) is 0 Å². The van der Waals surface area contributed by atoms with Crippen molar-refractivity contribution in [2.45, 2.75) is 19.4 Å². The maximum atomic E-state index is 11.1. The van der Waals surface area contributed by atoms with Crippen LogP contribution in [-0.4, -0.2) is 35.6 Å². The van der Waals surface area contributed by atoms with Crippen molar-refractivity contribution in [3.63, 3.8) is 0 Å². The lowest BCUT2D eigenvalue weighted by Gasteiger charge is -2.20. The average Bonchev–Trinajstić information content (AvgIpc) is 2.11. The molecule has 0 aliphatic rings. The van der Waals surface area contributed by atoms with E-state index in [4.69, 9.17) is 5.11 Å². The van der Waals surface area contributed by atoms with Gasteiger partial charge in [-0.2, -0.15) is 0 Å². The highest BCUT2D eigenvalue weighted by molar-refractivity contribution is 5.81. The highest BCUT2D eigenvalue weighted by atomic mass is 16.4. The third-order valence-corrected chi connectivity index (χ3v) is 1.67. The van der Waals surface area contributed by atoms with Crippen LogP contribution in [0.1, 0.15) is 13.8 Å². The second-order valence-electron chi connectivity index (χ2n) is 3.38. The van der Waals surface area contributed by atoms with E-state index in [0.29, 0.717) is 6.54 Å². The number of carbonyl (C=O) groups is 2. The van der Waals surface area contributed by atoms with Gasteiger partial charge in [-0.15, -0.1) is 6.58 Å². The van der Waals surface area contributed by atoms with Gasteiger partial charge in [0.1, 0.15) is 5.54 Å². The Morgan fingerprint density at radius 1 is 1.50 bits per heavy atom. The van der Waals surface area contributed by atoms with E-state index >= 15 is 0 Å². The van der Waals surface area contributed by atoms with Crippen molar-refractivity contribution < 1.29 is 14.7 Å². The SMILES string of the molecule is C=CCNC(=O)CNC(C)(C)C(=O)O. The van der Waals surface area contributed by atoms with E-state index in [2.05, 4.69) is 17.2 Å². The van der Waals surface area contributed by atoms with E-state index in [-0.39, 0.29) is 12.5 Å². The molecule has 5 nitrogen and oxygen atoms in total. The fraction of sp³-hybridized carbons (Fsp3) is 0.556. The van der Waals surface area contributed by atoms with Crippen LogP contribution in [0.15, 0.2) is 12.7 Å². The number of carboxylic acids is 1. The molecule has 0 aromatic carbocycles. The van der Waals surface area contributed by atoms with Crippen molar-refractivity contribution in [2.24, 2.45) is 0 Å². The zero-order chi connectivity index (χ0) is 11.2. The van der Waals surface area contributed by atoms with Crippen molar-refractivity contribution >= 4 is 11.9 Å². The molecule has 1 amide bonds.